The van der Waals surface area contributed by atoms with Crippen molar-refractivity contribution in [3.8, 4) is 0 Å². The van der Waals surface area contributed by atoms with Gasteiger partial charge in [-0.2, -0.15) is 0 Å². The number of ether oxygens (including phenoxy) is 1. The molecule has 1 aliphatic carbocycles. The number of hydrogen-bond donors (Lipinski definition) is 0. The van der Waals surface area contributed by atoms with Crippen molar-refractivity contribution < 1.29 is 4.74 Å². The Balaban J connectivity index is 2.41. The van der Waals surface area contributed by atoms with E-state index in [0.29, 0.717) is 12.4 Å². The summed E-state index contributed by atoms with van der Waals surface area (Å²) in [7, 11) is 0. The molecule has 126 valence electrons. The number of aliphatic imine (C=N–C) groups is 1. The normalized spacial score (nSPS) is 13.8. The van der Waals surface area contributed by atoms with Crippen molar-refractivity contribution in [2.24, 2.45) is 4.99 Å². The van der Waals surface area contributed by atoms with Gasteiger partial charge in [0.25, 0.3) is 0 Å². The van der Waals surface area contributed by atoms with Gasteiger partial charge >= 0.3 is 0 Å². The van der Waals surface area contributed by atoms with Gasteiger partial charge in [0.2, 0.25) is 0 Å². The number of thiophene rings is 1. The molecule has 0 aliphatic heterocycles. The fourth-order valence-corrected chi connectivity index (χ4v) is 4.08. The van der Waals surface area contributed by atoms with E-state index in [1.54, 1.807) is 17.4 Å². The first kappa shape index (κ1) is 18.2. The molecule has 1 heterocycles. The third kappa shape index (κ3) is 3.85. The van der Waals surface area contributed by atoms with E-state index in [1.165, 1.54) is 23.3 Å². The lowest BCUT2D eigenvalue weighted by atomic mass is 9.90. The third-order valence-corrected chi connectivity index (χ3v) is 5.22. The average molecular weight is 340 g/mol. The Bertz CT molecular complexity index is 733. The zero-order valence-corrected chi connectivity index (χ0v) is 15.3. The van der Waals surface area contributed by atoms with Crippen molar-refractivity contribution in [1.29, 1.82) is 0 Å². The van der Waals surface area contributed by atoms with Crippen molar-refractivity contribution in [3.05, 3.63) is 71.4 Å². The topological polar surface area (TPSA) is 21.6 Å². The standard InChI is InChI=1S/C21H25NOS/c1-7-12-23-18(13-14(2)3)15(4)16(5)20-17-10-8-9-11-19(17)24-21(20)22-6/h7,13H,1-2,4-6,8-12H2,3H3. The number of rotatable bonds is 8. The van der Waals surface area contributed by atoms with Crippen LogP contribution in [-0.4, -0.2) is 13.3 Å². The first-order valence-electron chi connectivity index (χ1n) is 8.10. The van der Waals surface area contributed by atoms with Crippen LogP contribution in [0.15, 0.2) is 60.4 Å². The Morgan fingerprint density at radius 3 is 2.58 bits per heavy atom. The smallest absolute Gasteiger partial charge is 0.127 e. The molecule has 2 nitrogen and oxygen atoms in total. The molecule has 0 aromatic carbocycles. The van der Waals surface area contributed by atoms with E-state index in [4.69, 9.17) is 4.74 Å². The summed E-state index contributed by atoms with van der Waals surface area (Å²) in [4.78, 5) is 5.64. The predicted octanol–water partition coefficient (Wildman–Crippen LogP) is 6.19. The number of allylic oxidation sites excluding steroid dienone is 3. The number of hydrogen-bond acceptors (Lipinski definition) is 3. The van der Waals surface area contributed by atoms with Gasteiger partial charge in [0.15, 0.2) is 0 Å². The lowest BCUT2D eigenvalue weighted by Crippen LogP contribution is -2.03. The maximum Gasteiger partial charge on any atom is 0.127 e. The van der Waals surface area contributed by atoms with Crippen LogP contribution in [0.25, 0.3) is 5.57 Å². The van der Waals surface area contributed by atoms with Gasteiger partial charge in [0.05, 0.1) is 0 Å². The van der Waals surface area contributed by atoms with E-state index in [2.05, 4.69) is 38.0 Å². The molecular formula is C21H25NOS. The highest BCUT2D eigenvalue weighted by Gasteiger charge is 2.24. The zero-order chi connectivity index (χ0) is 17.7. The number of nitrogens with zero attached hydrogens (tertiary/aromatic N) is 1. The average Bonchev–Trinajstić information content (AvgIpc) is 2.95. The maximum absolute atomic E-state index is 5.78. The zero-order valence-electron chi connectivity index (χ0n) is 14.5. The molecule has 0 saturated heterocycles. The fourth-order valence-electron chi connectivity index (χ4n) is 2.86. The van der Waals surface area contributed by atoms with E-state index in [1.807, 2.05) is 13.0 Å². The minimum absolute atomic E-state index is 0.416. The summed E-state index contributed by atoms with van der Waals surface area (Å²) in [6, 6.07) is 0. The van der Waals surface area contributed by atoms with Gasteiger partial charge in [0.1, 0.15) is 17.4 Å². The summed E-state index contributed by atoms with van der Waals surface area (Å²) in [5.41, 5.74) is 4.96. The SMILES string of the molecule is C=CCOC(=CC(=C)C)C(=C)C(=C)c1c(N=C)sc2c1CCCC2. The van der Waals surface area contributed by atoms with Gasteiger partial charge in [-0.1, -0.05) is 38.0 Å². The molecule has 1 aliphatic rings. The number of aryl methyl sites for hydroxylation is 1. The molecule has 0 amide bonds. The molecule has 0 bridgehead atoms. The van der Waals surface area contributed by atoms with Crippen molar-refractivity contribution in [2.45, 2.75) is 32.6 Å². The third-order valence-electron chi connectivity index (χ3n) is 3.99. The molecule has 2 rings (SSSR count). The van der Waals surface area contributed by atoms with Gasteiger partial charge in [-0.05, 0) is 56.5 Å². The second-order valence-electron chi connectivity index (χ2n) is 5.96. The van der Waals surface area contributed by atoms with E-state index < -0.39 is 0 Å². The molecule has 0 atom stereocenters. The Hall–Kier alpha value is -2.13. The fraction of sp³-hybridized carbons (Fsp3) is 0.286. The quantitative estimate of drug-likeness (QED) is 0.239. The van der Waals surface area contributed by atoms with Crippen LogP contribution in [0.1, 0.15) is 35.8 Å². The lowest BCUT2D eigenvalue weighted by Gasteiger charge is -2.17. The summed E-state index contributed by atoms with van der Waals surface area (Å²) < 4.78 is 5.78. The van der Waals surface area contributed by atoms with Crippen molar-refractivity contribution in [3.63, 3.8) is 0 Å². The highest BCUT2D eigenvalue weighted by atomic mass is 32.1. The van der Waals surface area contributed by atoms with Crippen LogP contribution in [0.2, 0.25) is 0 Å². The molecule has 1 aromatic rings. The van der Waals surface area contributed by atoms with Crippen molar-refractivity contribution in [2.75, 3.05) is 6.61 Å². The van der Waals surface area contributed by atoms with Crippen LogP contribution in [0.3, 0.4) is 0 Å². The van der Waals surface area contributed by atoms with Crippen LogP contribution in [-0.2, 0) is 17.6 Å². The van der Waals surface area contributed by atoms with Crippen LogP contribution >= 0.6 is 11.3 Å². The minimum Gasteiger partial charge on any atom is -0.489 e. The van der Waals surface area contributed by atoms with Crippen LogP contribution < -0.4 is 0 Å². The summed E-state index contributed by atoms with van der Waals surface area (Å²) in [5.74, 6) is 0.679. The Morgan fingerprint density at radius 1 is 1.25 bits per heavy atom. The largest absolute Gasteiger partial charge is 0.489 e. The van der Waals surface area contributed by atoms with Gasteiger partial charge < -0.3 is 4.74 Å². The van der Waals surface area contributed by atoms with Gasteiger partial charge in [-0.25, -0.2) is 0 Å². The van der Waals surface area contributed by atoms with Crippen LogP contribution in [0.4, 0.5) is 5.00 Å². The lowest BCUT2D eigenvalue weighted by molar-refractivity contribution is 0.259. The molecule has 0 radical (unpaired) electrons. The molecule has 0 fully saturated rings. The summed E-state index contributed by atoms with van der Waals surface area (Å²) in [6.45, 7) is 22.2. The Morgan fingerprint density at radius 2 is 1.96 bits per heavy atom. The molecule has 24 heavy (non-hydrogen) atoms. The Labute approximate surface area is 149 Å². The van der Waals surface area contributed by atoms with E-state index in [0.717, 1.165) is 40.1 Å². The van der Waals surface area contributed by atoms with Gasteiger partial charge in [-0.15, -0.1) is 11.3 Å². The first-order chi connectivity index (χ1) is 11.5. The van der Waals surface area contributed by atoms with Crippen molar-refractivity contribution in [1.82, 2.24) is 0 Å². The predicted molar refractivity (Wildman–Crippen MR) is 107 cm³/mol. The highest BCUT2D eigenvalue weighted by molar-refractivity contribution is 7.16. The first-order valence-corrected chi connectivity index (χ1v) is 8.92. The molecule has 0 unspecified atom stereocenters. The molecule has 1 aromatic heterocycles. The summed E-state index contributed by atoms with van der Waals surface area (Å²) in [6.07, 6.45) is 8.22. The second kappa shape index (κ2) is 8.11. The van der Waals surface area contributed by atoms with E-state index in [9.17, 15) is 0 Å². The molecule has 3 heteroatoms. The van der Waals surface area contributed by atoms with Gasteiger partial charge in [-0.3, -0.25) is 4.99 Å². The molecular weight excluding hydrogens is 314 g/mol. The maximum atomic E-state index is 5.78. The van der Waals surface area contributed by atoms with Crippen LogP contribution in [0.5, 0.6) is 0 Å². The van der Waals surface area contributed by atoms with Crippen LogP contribution in [0, 0.1) is 0 Å². The molecule has 0 spiro atoms. The van der Waals surface area contributed by atoms with E-state index in [-0.39, 0.29) is 0 Å². The van der Waals surface area contributed by atoms with E-state index >= 15 is 0 Å². The summed E-state index contributed by atoms with van der Waals surface area (Å²) in [5, 5.41) is 0.937. The number of fused-ring (bicyclic) bond motifs is 1. The summed E-state index contributed by atoms with van der Waals surface area (Å²) >= 11 is 1.73. The Kier molecular flexibility index (Phi) is 6.16. The molecule has 0 saturated carbocycles. The highest BCUT2D eigenvalue weighted by Crippen LogP contribution is 2.45. The second-order valence-corrected chi connectivity index (χ2v) is 7.04. The monoisotopic (exact) mass is 339 g/mol. The molecule has 0 N–H and O–H groups in total. The minimum atomic E-state index is 0.416. The van der Waals surface area contributed by atoms with Gasteiger partial charge in [0, 0.05) is 16.0 Å². The van der Waals surface area contributed by atoms with Crippen molar-refractivity contribution >= 4 is 28.6 Å².